The van der Waals surface area contributed by atoms with Gasteiger partial charge in [-0.2, -0.15) is 0 Å². The van der Waals surface area contributed by atoms with Crippen molar-refractivity contribution in [3.8, 4) is 0 Å². The standard InChI is InChI=1S/C17H23N3O/c1-12-17(21)20(16-10-6-5-9-14(16)19-12)11-15(18-2)13-7-3-4-8-13/h5-6,9-10,13,15,18H,3-4,7-8,11H2,1-2H3. The Morgan fingerprint density at radius 2 is 2.05 bits per heavy atom. The zero-order chi connectivity index (χ0) is 14.8. The molecule has 1 aromatic carbocycles. The van der Waals surface area contributed by atoms with Crippen molar-refractivity contribution >= 4 is 11.0 Å². The number of hydrogen-bond acceptors (Lipinski definition) is 3. The molecule has 0 saturated heterocycles. The summed E-state index contributed by atoms with van der Waals surface area (Å²) in [5, 5.41) is 3.42. The number of fused-ring (bicyclic) bond motifs is 1. The fourth-order valence-corrected chi connectivity index (χ4v) is 3.53. The third-order valence-corrected chi connectivity index (χ3v) is 4.73. The molecule has 1 aliphatic rings. The van der Waals surface area contributed by atoms with Crippen LogP contribution >= 0.6 is 0 Å². The quantitative estimate of drug-likeness (QED) is 0.939. The molecule has 1 saturated carbocycles. The number of likely N-dealkylation sites (N-methyl/N-ethyl adjacent to an activating group) is 1. The van der Waals surface area contributed by atoms with E-state index >= 15 is 0 Å². The van der Waals surface area contributed by atoms with Crippen LogP contribution in [0.3, 0.4) is 0 Å². The highest BCUT2D eigenvalue weighted by atomic mass is 16.1. The molecule has 3 rings (SSSR count). The van der Waals surface area contributed by atoms with Crippen molar-refractivity contribution in [2.24, 2.45) is 5.92 Å². The topological polar surface area (TPSA) is 46.9 Å². The van der Waals surface area contributed by atoms with E-state index in [0.29, 0.717) is 17.7 Å². The van der Waals surface area contributed by atoms with Crippen LogP contribution < -0.4 is 10.9 Å². The molecule has 4 nitrogen and oxygen atoms in total. The van der Waals surface area contributed by atoms with Gasteiger partial charge in [0.1, 0.15) is 5.69 Å². The maximum absolute atomic E-state index is 12.5. The minimum Gasteiger partial charge on any atom is -0.315 e. The summed E-state index contributed by atoms with van der Waals surface area (Å²) in [7, 11) is 2.00. The molecular formula is C17H23N3O. The van der Waals surface area contributed by atoms with Crippen LogP contribution in [-0.2, 0) is 6.54 Å². The van der Waals surface area contributed by atoms with Gasteiger partial charge in [0.15, 0.2) is 0 Å². The van der Waals surface area contributed by atoms with Crippen molar-refractivity contribution in [1.82, 2.24) is 14.9 Å². The molecule has 0 amide bonds. The lowest BCUT2D eigenvalue weighted by atomic mass is 9.98. The second kappa shape index (κ2) is 5.98. The Bertz CT molecular complexity index is 686. The summed E-state index contributed by atoms with van der Waals surface area (Å²) in [4.78, 5) is 16.9. The van der Waals surface area contributed by atoms with Gasteiger partial charge in [0.25, 0.3) is 5.56 Å². The van der Waals surface area contributed by atoms with E-state index in [1.165, 1.54) is 25.7 Å². The number of rotatable bonds is 4. The fourth-order valence-electron chi connectivity index (χ4n) is 3.53. The summed E-state index contributed by atoms with van der Waals surface area (Å²) in [6.45, 7) is 2.53. The average molecular weight is 285 g/mol. The lowest BCUT2D eigenvalue weighted by molar-refractivity contribution is 0.340. The largest absolute Gasteiger partial charge is 0.315 e. The average Bonchev–Trinajstić information content (AvgIpc) is 3.02. The summed E-state index contributed by atoms with van der Waals surface area (Å²) < 4.78 is 1.90. The Labute approximate surface area is 125 Å². The number of nitrogens with zero attached hydrogens (tertiary/aromatic N) is 2. The molecule has 0 aliphatic heterocycles. The van der Waals surface area contributed by atoms with Crippen LogP contribution in [0.4, 0.5) is 0 Å². The molecule has 1 fully saturated rings. The Kier molecular flexibility index (Phi) is 4.06. The van der Waals surface area contributed by atoms with Gasteiger partial charge >= 0.3 is 0 Å². The van der Waals surface area contributed by atoms with Crippen molar-refractivity contribution in [2.75, 3.05) is 7.05 Å². The molecule has 2 aromatic rings. The smallest absolute Gasteiger partial charge is 0.272 e. The van der Waals surface area contributed by atoms with Crippen molar-refractivity contribution < 1.29 is 0 Å². The molecule has 4 heteroatoms. The lowest BCUT2D eigenvalue weighted by Crippen LogP contribution is -2.40. The first-order valence-electron chi connectivity index (χ1n) is 7.84. The van der Waals surface area contributed by atoms with E-state index in [-0.39, 0.29) is 5.56 Å². The van der Waals surface area contributed by atoms with Gasteiger partial charge in [0, 0.05) is 12.6 Å². The minimum atomic E-state index is 0.0342. The highest BCUT2D eigenvalue weighted by Crippen LogP contribution is 2.28. The number of benzene rings is 1. The zero-order valence-electron chi connectivity index (χ0n) is 12.8. The van der Waals surface area contributed by atoms with Crippen LogP contribution in [0.25, 0.3) is 11.0 Å². The molecule has 0 spiro atoms. The number of aromatic nitrogens is 2. The molecule has 0 radical (unpaired) electrons. The van der Waals surface area contributed by atoms with Gasteiger partial charge in [-0.05, 0) is 44.9 Å². The highest BCUT2D eigenvalue weighted by Gasteiger charge is 2.25. The normalized spacial score (nSPS) is 17.4. The maximum atomic E-state index is 12.5. The summed E-state index contributed by atoms with van der Waals surface area (Å²) in [5.74, 6) is 0.675. The van der Waals surface area contributed by atoms with Gasteiger partial charge in [0.2, 0.25) is 0 Å². The van der Waals surface area contributed by atoms with E-state index in [1.54, 1.807) is 6.92 Å². The van der Waals surface area contributed by atoms with Crippen LogP contribution in [-0.4, -0.2) is 22.6 Å². The lowest BCUT2D eigenvalue weighted by Gasteiger charge is -2.24. The van der Waals surface area contributed by atoms with E-state index in [9.17, 15) is 4.79 Å². The highest BCUT2D eigenvalue weighted by molar-refractivity contribution is 5.74. The maximum Gasteiger partial charge on any atom is 0.272 e. The SMILES string of the molecule is CNC(Cn1c(=O)c(C)nc2ccccc21)C1CCCC1. The minimum absolute atomic E-state index is 0.0342. The molecular weight excluding hydrogens is 262 g/mol. The molecule has 21 heavy (non-hydrogen) atoms. The molecule has 1 atom stereocenters. The molecule has 1 aromatic heterocycles. The Hall–Kier alpha value is -1.68. The Morgan fingerprint density at radius 1 is 1.33 bits per heavy atom. The second-order valence-electron chi connectivity index (χ2n) is 6.04. The van der Waals surface area contributed by atoms with Crippen LogP contribution in [0.1, 0.15) is 31.4 Å². The molecule has 1 aliphatic carbocycles. The van der Waals surface area contributed by atoms with Crippen LogP contribution in [0, 0.1) is 12.8 Å². The van der Waals surface area contributed by atoms with Crippen molar-refractivity contribution in [2.45, 2.75) is 45.2 Å². The molecule has 0 bridgehead atoms. The predicted octanol–water partition coefficient (Wildman–Crippen LogP) is 2.48. The Morgan fingerprint density at radius 3 is 2.76 bits per heavy atom. The van der Waals surface area contributed by atoms with Gasteiger partial charge in [-0.15, -0.1) is 0 Å². The van der Waals surface area contributed by atoms with Crippen LogP contribution in [0.2, 0.25) is 0 Å². The van der Waals surface area contributed by atoms with E-state index in [4.69, 9.17) is 0 Å². The van der Waals surface area contributed by atoms with Crippen molar-refractivity contribution in [1.29, 1.82) is 0 Å². The zero-order valence-corrected chi connectivity index (χ0v) is 12.8. The summed E-state index contributed by atoms with van der Waals surface area (Å²) >= 11 is 0. The van der Waals surface area contributed by atoms with Crippen LogP contribution in [0.5, 0.6) is 0 Å². The number of para-hydroxylation sites is 2. The van der Waals surface area contributed by atoms with E-state index < -0.39 is 0 Å². The third kappa shape index (κ3) is 2.72. The molecule has 1 heterocycles. The van der Waals surface area contributed by atoms with Crippen molar-refractivity contribution in [3.63, 3.8) is 0 Å². The number of nitrogens with one attached hydrogen (secondary N) is 1. The van der Waals surface area contributed by atoms with E-state index in [0.717, 1.165) is 17.6 Å². The predicted molar refractivity (Wildman–Crippen MR) is 85.5 cm³/mol. The number of hydrogen-bond donors (Lipinski definition) is 1. The first-order chi connectivity index (χ1) is 10.2. The molecule has 112 valence electrons. The van der Waals surface area contributed by atoms with Crippen molar-refractivity contribution in [3.05, 3.63) is 40.3 Å². The number of aryl methyl sites for hydroxylation is 1. The van der Waals surface area contributed by atoms with E-state index in [1.807, 2.05) is 35.9 Å². The summed E-state index contributed by atoms with van der Waals surface area (Å²) in [6, 6.07) is 8.26. The monoisotopic (exact) mass is 285 g/mol. The molecule has 1 N–H and O–H groups in total. The van der Waals surface area contributed by atoms with Crippen LogP contribution in [0.15, 0.2) is 29.1 Å². The van der Waals surface area contributed by atoms with E-state index in [2.05, 4.69) is 10.3 Å². The first-order valence-corrected chi connectivity index (χ1v) is 7.84. The first kappa shape index (κ1) is 14.3. The van der Waals surface area contributed by atoms with Gasteiger partial charge in [0.05, 0.1) is 11.0 Å². The fraction of sp³-hybridized carbons (Fsp3) is 0.529. The Balaban J connectivity index is 2.02. The van der Waals surface area contributed by atoms with Gasteiger partial charge < -0.3 is 9.88 Å². The summed E-state index contributed by atoms with van der Waals surface area (Å²) in [6.07, 6.45) is 5.16. The summed E-state index contributed by atoms with van der Waals surface area (Å²) in [5.41, 5.74) is 2.45. The van der Waals surface area contributed by atoms with Gasteiger partial charge in [-0.3, -0.25) is 4.79 Å². The van der Waals surface area contributed by atoms with Gasteiger partial charge in [-0.1, -0.05) is 25.0 Å². The third-order valence-electron chi connectivity index (χ3n) is 4.73. The van der Waals surface area contributed by atoms with Gasteiger partial charge in [-0.25, -0.2) is 4.98 Å². The second-order valence-corrected chi connectivity index (χ2v) is 6.04. The molecule has 1 unspecified atom stereocenters.